The van der Waals surface area contributed by atoms with E-state index in [1.807, 2.05) is 0 Å². The number of benzene rings is 2. The van der Waals surface area contributed by atoms with Crippen LogP contribution in [0.2, 0.25) is 0 Å². The van der Waals surface area contributed by atoms with Crippen LogP contribution >= 0.6 is 0 Å². The maximum Gasteiger partial charge on any atom is 0.391 e. The molecule has 0 spiro atoms. The highest BCUT2D eigenvalue weighted by Gasteiger charge is 2.42. The molecule has 1 fully saturated rings. The lowest BCUT2D eigenvalue weighted by Gasteiger charge is -2.31. The number of rotatable bonds is 5. The van der Waals surface area contributed by atoms with Crippen molar-refractivity contribution >= 4 is 15.7 Å². The average Bonchev–Trinajstić information content (AvgIpc) is 2.68. The predicted molar refractivity (Wildman–Crippen MR) is 103 cm³/mol. The topological polar surface area (TPSA) is 63.2 Å². The minimum atomic E-state index is -4.25. The van der Waals surface area contributed by atoms with Crippen LogP contribution in [0.5, 0.6) is 0 Å². The fraction of sp³-hybridized carbons (Fsp3) is 0.381. The van der Waals surface area contributed by atoms with Gasteiger partial charge in [-0.3, -0.25) is 4.79 Å². The number of nitrogens with one attached hydrogen (secondary N) is 1. The Morgan fingerprint density at radius 2 is 1.76 bits per heavy atom. The van der Waals surface area contributed by atoms with Gasteiger partial charge in [-0.15, -0.1) is 0 Å². The van der Waals surface area contributed by atoms with Crippen molar-refractivity contribution in [3.8, 4) is 0 Å². The molecule has 8 heteroatoms. The van der Waals surface area contributed by atoms with E-state index < -0.39 is 33.9 Å². The van der Waals surface area contributed by atoms with Gasteiger partial charge in [-0.2, -0.15) is 13.2 Å². The second-order valence-electron chi connectivity index (χ2n) is 7.35. The van der Waals surface area contributed by atoms with Gasteiger partial charge >= 0.3 is 6.18 Å². The van der Waals surface area contributed by atoms with E-state index in [-0.39, 0.29) is 29.1 Å². The Bertz CT molecular complexity index is 959. The summed E-state index contributed by atoms with van der Waals surface area (Å²) in [6.45, 7) is 0. The zero-order valence-corrected chi connectivity index (χ0v) is 16.5. The molecule has 0 heterocycles. The van der Waals surface area contributed by atoms with E-state index >= 15 is 0 Å². The van der Waals surface area contributed by atoms with Crippen LogP contribution in [-0.4, -0.2) is 26.5 Å². The molecule has 2 unspecified atom stereocenters. The largest absolute Gasteiger partial charge is 0.391 e. The molecule has 1 amide bonds. The third-order valence-corrected chi connectivity index (χ3v) is 6.82. The first-order valence-corrected chi connectivity index (χ1v) is 11.0. The minimum Gasteiger partial charge on any atom is -0.349 e. The van der Waals surface area contributed by atoms with E-state index in [4.69, 9.17) is 0 Å². The van der Waals surface area contributed by atoms with Gasteiger partial charge in [0.25, 0.3) is 5.91 Å². The van der Waals surface area contributed by atoms with Gasteiger partial charge in [0.1, 0.15) is 0 Å². The first-order valence-electron chi connectivity index (χ1n) is 9.39. The highest BCUT2D eigenvalue weighted by molar-refractivity contribution is 7.90. The molecule has 2 atom stereocenters. The van der Waals surface area contributed by atoms with Crippen molar-refractivity contribution in [1.82, 2.24) is 5.32 Å². The quantitative estimate of drug-likeness (QED) is 0.767. The SMILES string of the molecule is O=C(NC1CCCC(C(F)(F)F)C1)c1cccc(CS(=O)(=O)c2ccccc2)c1. The molecule has 0 saturated heterocycles. The Balaban J connectivity index is 1.68. The minimum absolute atomic E-state index is 0.0860. The molecular formula is C21H22F3NO3S. The second-order valence-corrected chi connectivity index (χ2v) is 9.34. The summed E-state index contributed by atoms with van der Waals surface area (Å²) in [4.78, 5) is 12.7. The molecule has 4 nitrogen and oxygen atoms in total. The van der Waals surface area contributed by atoms with E-state index in [0.717, 1.165) is 0 Å². The molecule has 29 heavy (non-hydrogen) atoms. The zero-order valence-electron chi connectivity index (χ0n) is 15.7. The number of halogens is 3. The van der Waals surface area contributed by atoms with Gasteiger partial charge in [-0.05, 0) is 49.1 Å². The molecule has 156 valence electrons. The number of carbonyl (C=O) groups is 1. The summed E-state index contributed by atoms with van der Waals surface area (Å²) < 4.78 is 63.9. The fourth-order valence-electron chi connectivity index (χ4n) is 3.62. The predicted octanol–water partition coefficient (Wildman–Crippen LogP) is 4.51. The van der Waals surface area contributed by atoms with Crippen LogP contribution in [0.25, 0.3) is 0 Å². The lowest BCUT2D eigenvalue weighted by atomic mass is 9.85. The van der Waals surface area contributed by atoms with Gasteiger partial charge in [0.15, 0.2) is 9.84 Å². The number of sulfone groups is 1. The third kappa shape index (κ3) is 5.59. The van der Waals surface area contributed by atoms with Crippen molar-refractivity contribution in [3.05, 3.63) is 65.7 Å². The Kier molecular flexibility index (Phi) is 6.31. The molecule has 0 aliphatic heterocycles. The summed E-state index contributed by atoms with van der Waals surface area (Å²) in [5.74, 6) is -2.15. The van der Waals surface area contributed by atoms with E-state index in [0.29, 0.717) is 18.4 Å². The maximum atomic E-state index is 13.0. The molecule has 1 aliphatic rings. The van der Waals surface area contributed by atoms with Gasteiger partial charge < -0.3 is 5.32 Å². The Morgan fingerprint density at radius 1 is 1.03 bits per heavy atom. The van der Waals surface area contributed by atoms with Crippen LogP contribution < -0.4 is 5.32 Å². The second kappa shape index (κ2) is 8.57. The molecule has 3 rings (SSSR count). The summed E-state index contributed by atoms with van der Waals surface area (Å²) in [5.41, 5.74) is 0.679. The smallest absolute Gasteiger partial charge is 0.349 e. The van der Waals surface area contributed by atoms with Crippen molar-refractivity contribution in [3.63, 3.8) is 0 Å². The standard InChI is InChI=1S/C21H22F3NO3S/c22-21(23,24)17-8-5-9-18(13-17)25-20(26)16-7-4-6-15(12-16)14-29(27,28)19-10-2-1-3-11-19/h1-4,6-7,10-12,17-18H,5,8-9,13-14H2,(H,25,26). The van der Waals surface area contributed by atoms with Crippen molar-refractivity contribution in [2.45, 2.75) is 48.5 Å². The van der Waals surface area contributed by atoms with Crippen LogP contribution in [0.4, 0.5) is 13.2 Å². The van der Waals surface area contributed by atoms with Crippen molar-refractivity contribution < 1.29 is 26.4 Å². The highest BCUT2D eigenvalue weighted by atomic mass is 32.2. The van der Waals surface area contributed by atoms with E-state index in [1.54, 1.807) is 30.3 Å². The first kappa shape index (κ1) is 21.4. The van der Waals surface area contributed by atoms with Gasteiger partial charge in [-0.1, -0.05) is 36.8 Å². The summed E-state index contributed by atoms with van der Waals surface area (Å²) in [7, 11) is -3.56. The number of alkyl halides is 3. The third-order valence-electron chi connectivity index (χ3n) is 5.12. The normalized spacial score (nSPS) is 20.2. The Labute approximate surface area is 168 Å². The number of hydrogen-bond acceptors (Lipinski definition) is 3. The summed E-state index contributed by atoms with van der Waals surface area (Å²) >= 11 is 0. The maximum absolute atomic E-state index is 13.0. The Hall–Kier alpha value is -2.35. The molecular weight excluding hydrogens is 403 g/mol. The summed E-state index contributed by atoms with van der Waals surface area (Å²) in [6, 6.07) is 13.6. The van der Waals surface area contributed by atoms with Crippen LogP contribution in [0, 0.1) is 5.92 Å². The number of amides is 1. The lowest BCUT2D eigenvalue weighted by Crippen LogP contribution is -2.41. The summed E-state index contributed by atoms with van der Waals surface area (Å²) in [5, 5.41) is 2.67. The molecule has 2 aromatic rings. The lowest BCUT2D eigenvalue weighted by molar-refractivity contribution is -0.183. The molecule has 2 aromatic carbocycles. The first-order chi connectivity index (χ1) is 13.6. The number of carbonyl (C=O) groups excluding carboxylic acids is 1. The number of hydrogen-bond donors (Lipinski definition) is 1. The van der Waals surface area contributed by atoms with E-state index in [9.17, 15) is 26.4 Å². The summed E-state index contributed by atoms with van der Waals surface area (Å²) in [6.07, 6.45) is -3.39. The van der Waals surface area contributed by atoms with Crippen molar-refractivity contribution in [1.29, 1.82) is 0 Å². The van der Waals surface area contributed by atoms with E-state index in [1.165, 1.54) is 24.3 Å². The molecule has 0 radical (unpaired) electrons. The molecule has 1 N–H and O–H groups in total. The van der Waals surface area contributed by atoms with Crippen LogP contribution in [-0.2, 0) is 15.6 Å². The fourth-order valence-corrected chi connectivity index (χ4v) is 4.98. The van der Waals surface area contributed by atoms with Crippen molar-refractivity contribution in [2.75, 3.05) is 0 Å². The van der Waals surface area contributed by atoms with Gasteiger partial charge in [-0.25, -0.2) is 8.42 Å². The van der Waals surface area contributed by atoms with Gasteiger partial charge in [0.2, 0.25) is 0 Å². The zero-order chi connectivity index (χ0) is 21.1. The van der Waals surface area contributed by atoms with Crippen LogP contribution in [0.1, 0.15) is 41.6 Å². The monoisotopic (exact) mass is 425 g/mol. The van der Waals surface area contributed by atoms with Crippen molar-refractivity contribution in [2.24, 2.45) is 5.92 Å². The average molecular weight is 425 g/mol. The molecule has 0 bridgehead atoms. The molecule has 1 aliphatic carbocycles. The molecule has 0 aromatic heterocycles. The van der Waals surface area contributed by atoms with Crippen LogP contribution in [0.15, 0.2) is 59.5 Å². The van der Waals surface area contributed by atoms with Crippen LogP contribution in [0.3, 0.4) is 0 Å². The highest BCUT2D eigenvalue weighted by Crippen LogP contribution is 2.37. The molecule has 1 saturated carbocycles. The Morgan fingerprint density at radius 3 is 2.45 bits per heavy atom. The van der Waals surface area contributed by atoms with Gasteiger partial charge in [0, 0.05) is 11.6 Å². The van der Waals surface area contributed by atoms with E-state index in [2.05, 4.69) is 5.32 Å². The van der Waals surface area contributed by atoms with Gasteiger partial charge in [0.05, 0.1) is 16.6 Å².